The van der Waals surface area contributed by atoms with Crippen LogP contribution in [0.3, 0.4) is 0 Å². The highest BCUT2D eigenvalue weighted by molar-refractivity contribution is 5.90. The van der Waals surface area contributed by atoms with Gasteiger partial charge in [-0.2, -0.15) is 5.26 Å². The minimum Gasteiger partial charge on any atom is -0.465 e. The number of rotatable bonds is 1. The van der Waals surface area contributed by atoms with E-state index in [0.29, 0.717) is 11.1 Å². The summed E-state index contributed by atoms with van der Waals surface area (Å²) in [6, 6.07) is 7.16. The second kappa shape index (κ2) is 4.36. The number of esters is 1. The number of hydrogen-bond acceptors (Lipinski definition) is 3. The number of carbonyl (C=O) groups excluding carboxylic acids is 1. The van der Waals surface area contributed by atoms with E-state index in [-0.39, 0.29) is 5.41 Å². The Kier molecular flexibility index (Phi) is 3.34. The predicted octanol–water partition coefficient (Wildman–Crippen LogP) is 2.64. The smallest absolute Gasteiger partial charge is 0.337 e. The van der Waals surface area contributed by atoms with E-state index in [4.69, 9.17) is 5.26 Å². The molecule has 0 saturated carbocycles. The summed E-state index contributed by atoms with van der Waals surface area (Å²) in [5, 5.41) is 8.90. The normalized spacial score (nSPS) is 10.7. The van der Waals surface area contributed by atoms with E-state index < -0.39 is 5.97 Å². The zero-order chi connectivity index (χ0) is 12.3. The first kappa shape index (κ1) is 12.3. The molecule has 0 N–H and O–H groups in total. The van der Waals surface area contributed by atoms with Crippen LogP contribution in [0.2, 0.25) is 0 Å². The van der Waals surface area contributed by atoms with Gasteiger partial charge in [0, 0.05) is 0 Å². The molecule has 84 valence electrons. The van der Waals surface area contributed by atoms with Crippen molar-refractivity contribution >= 4 is 5.97 Å². The van der Waals surface area contributed by atoms with E-state index in [1.54, 1.807) is 18.2 Å². The molecule has 0 heterocycles. The van der Waals surface area contributed by atoms with Crippen LogP contribution in [-0.4, -0.2) is 13.1 Å². The van der Waals surface area contributed by atoms with Crippen LogP contribution in [0.25, 0.3) is 0 Å². The highest BCUT2D eigenvalue weighted by Crippen LogP contribution is 2.24. The van der Waals surface area contributed by atoms with Crippen molar-refractivity contribution in [1.29, 1.82) is 5.26 Å². The van der Waals surface area contributed by atoms with Crippen molar-refractivity contribution in [2.24, 2.45) is 0 Å². The molecule has 0 aliphatic heterocycles. The molecule has 0 radical (unpaired) electrons. The average molecular weight is 217 g/mol. The Morgan fingerprint density at radius 3 is 2.38 bits per heavy atom. The predicted molar refractivity (Wildman–Crippen MR) is 61.2 cm³/mol. The first-order valence-electron chi connectivity index (χ1n) is 5.02. The Bertz CT molecular complexity index is 450. The van der Waals surface area contributed by atoms with Crippen LogP contribution < -0.4 is 0 Å². The summed E-state index contributed by atoms with van der Waals surface area (Å²) in [5.41, 5.74) is 1.75. The molecule has 0 spiro atoms. The summed E-state index contributed by atoms with van der Waals surface area (Å²) in [6.07, 6.45) is 0. The Balaban J connectivity index is 3.34. The molecule has 0 saturated heterocycles. The maximum atomic E-state index is 11.4. The fourth-order valence-corrected chi connectivity index (χ4v) is 1.36. The maximum Gasteiger partial charge on any atom is 0.337 e. The number of ether oxygens (including phenoxy) is 1. The van der Waals surface area contributed by atoms with Gasteiger partial charge >= 0.3 is 5.97 Å². The van der Waals surface area contributed by atoms with Crippen molar-refractivity contribution in [1.82, 2.24) is 0 Å². The van der Waals surface area contributed by atoms with Crippen LogP contribution in [-0.2, 0) is 10.2 Å². The van der Waals surface area contributed by atoms with Gasteiger partial charge in [0.15, 0.2) is 0 Å². The highest BCUT2D eigenvalue weighted by atomic mass is 16.5. The third-order valence-corrected chi connectivity index (χ3v) is 2.35. The maximum absolute atomic E-state index is 11.4. The summed E-state index contributed by atoms with van der Waals surface area (Å²) in [7, 11) is 1.33. The molecule has 0 fully saturated rings. The van der Waals surface area contributed by atoms with Crippen LogP contribution in [0.15, 0.2) is 18.2 Å². The zero-order valence-electron chi connectivity index (χ0n) is 10.00. The number of benzene rings is 1. The third kappa shape index (κ3) is 2.60. The van der Waals surface area contributed by atoms with Gasteiger partial charge in [-0.25, -0.2) is 4.79 Å². The monoisotopic (exact) mass is 217 g/mol. The quantitative estimate of drug-likeness (QED) is 0.679. The van der Waals surface area contributed by atoms with Gasteiger partial charge in [-0.1, -0.05) is 20.8 Å². The van der Waals surface area contributed by atoms with E-state index in [0.717, 1.165) is 5.56 Å². The van der Waals surface area contributed by atoms with Gasteiger partial charge in [0.05, 0.1) is 24.3 Å². The minimum absolute atomic E-state index is 0.102. The second-order valence-corrected chi connectivity index (χ2v) is 4.65. The van der Waals surface area contributed by atoms with Crippen LogP contribution in [0.5, 0.6) is 0 Å². The van der Waals surface area contributed by atoms with Gasteiger partial charge in [-0.15, -0.1) is 0 Å². The number of methoxy groups -OCH3 is 1. The molecular formula is C13H15NO2. The minimum atomic E-state index is -0.414. The molecule has 0 aliphatic rings. The van der Waals surface area contributed by atoms with Crippen LogP contribution >= 0.6 is 0 Å². The Morgan fingerprint density at radius 2 is 1.94 bits per heavy atom. The topological polar surface area (TPSA) is 50.1 Å². The van der Waals surface area contributed by atoms with Crippen molar-refractivity contribution in [2.75, 3.05) is 7.11 Å². The van der Waals surface area contributed by atoms with E-state index in [2.05, 4.69) is 10.8 Å². The lowest BCUT2D eigenvalue weighted by molar-refractivity contribution is 0.0600. The molecule has 0 amide bonds. The molecule has 0 aliphatic carbocycles. The summed E-state index contributed by atoms with van der Waals surface area (Å²) in [5.74, 6) is -0.414. The molecule has 0 aromatic heterocycles. The summed E-state index contributed by atoms with van der Waals surface area (Å²) in [6.45, 7) is 6.10. The number of carbonyl (C=O) groups is 1. The molecule has 3 nitrogen and oxygen atoms in total. The van der Waals surface area contributed by atoms with Crippen molar-refractivity contribution < 1.29 is 9.53 Å². The fraction of sp³-hybridized carbons (Fsp3) is 0.385. The largest absolute Gasteiger partial charge is 0.465 e. The molecule has 1 aromatic rings. The van der Waals surface area contributed by atoms with E-state index in [1.165, 1.54) is 7.11 Å². The van der Waals surface area contributed by atoms with Crippen molar-refractivity contribution in [2.45, 2.75) is 26.2 Å². The van der Waals surface area contributed by atoms with Crippen LogP contribution in [0.4, 0.5) is 0 Å². The van der Waals surface area contributed by atoms with Gasteiger partial charge in [0.25, 0.3) is 0 Å². The summed E-state index contributed by atoms with van der Waals surface area (Å²) >= 11 is 0. The fourth-order valence-electron chi connectivity index (χ4n) is 1.36. The molecule has 0 atom stereocenters. The number of hydrogen-bond donors (Lipinski definition) is 0. The van der Waals surface area contributed by atoms with Crippen LogP contribution in [0.1, 0.15) is 42.3 Å². The molecular weight excluding hydrogens is 202 g/mol. The number of nitrogens with zero attached hydrogens (tertiary/aromatic N) is 1. The van der Waals surface area contributed by atoms with Crippen molar-refractivity contribution in [3.05, 3.63) is 34.9 Å². The summed E-state index contributed by atoms with van der Waals surface area (Å²) in [4.78, 5) is 11.4. The van der Waals surface area contributed by atoms with Gasteiger partial charge < -0.3 is 4.74 Å². The number of nitriles is 1. The van der Waals surface area contributed by atoms with Gasteiger partial charge in [0.2, 0.25) is 0 Å². The Hall–Kier alpha value is -1.82. The molecule has 0 unspecified atom stereocenters. The first-order chi connectivity index (χ1) is 7.38. The lowest BCUT2D eigenvalue weighted by atomic mass is 9.85. The summed E-state index contributed by atoms with van der Waals surface area (Å²) < 4.78 is 4.66. The van der Waals surface area contributed by atoms with E-state index in [9.17, 15) is 4.79 Å². The van der Waals surface area contributed by atoms with E-state index >= 15 is 0 Å². The lowest BCUT2D eigenvalue weighted by Crippen LogP contribution is -2.13. The Labute approximate surface area is 95.7 Å². The van der Waals surface area contributed by atoms with Gasteiger partial charge in [-0.3, -0.25) is 0 Å². The third-order valence-electron chi connectivity index (χ3n) is 2.35. The van der Waals surface area contributed by atoms with Crippen LogP contribution in [0, 0.1) is 11.3 Å². The Morgan fingerprint density at radius 1 is 1.31 bits per heavy atom. The van der Waals surface area contributed by atoms with Gasteiger partial charge in [-0.05, 0) is 29.2 Å². The van der Waals surface area contributed by atoms with Crippen molar-refractivity contribution in [3.8, 4) is 6.07 Å². The standard InChI is InChI=1S/C13H15NO2/c1-13(2,3)11-6-9(8-14)5-10(7-11)12(15)16-4/h5-7H,1-4H3. The molecule has 16 heavy (non-hydrogen) atoms. The van der Waals surface area contributed by atoms with E-state index in [1.807, 2.05) is 20.8 Å². The lowest BCUT2D eigenvalue weighted by Gasteiger charge is -2.19. The second-order valence-electron chi connectivity index (χ2n) is 4.65. The molecule has 1 aromatic carbocycles. The zero-order valence-corrected chi connectivity index (χ0v) is 10.00. The molecule has 1 rings (SSSR count). The highest BCUT2D eigenvalue weighted by Gasteiger charge is 2.17. The van der Waals surface area contributed by atoms with Gasteiger partial charge in [0.1, 0.15) is 0 Å². The average Bonchev–Trinajstić information content (AvgIpc) is 2.26. The van der Waals surface area contributed by atoms with Crippen molar-refractivity contribution in [3.63, 3.8) is 0 Å². The SMILES string of the molecule is COC(=O)c1cc(C#N)cc(C(C)(C)C)c1. The first-order valence-corrected chi connectivity index (χ1v) is 5.02. The molecule has 3 heteroatoms. The molecule has 0 bridgehead atoms.